The molecule has 0 aliphatic carbocycles. The van der Waals surface area contributed by atoms with Crippen molar-refractivity contribution in [2.75, 3.05) is 6.54 Å². The van der Waals surface area contributed by atoms with Crippen molar-refractivity contribution >= 4 is 23.4 Å². The second-order valence-electron chi connectivity index (χ2n) is 5.95. The molecule has 0 aromatic heterocycles. The van der Waals surface area contributed by atoms with Crippen LogP contribution in [0.2, 0.25) is 0 Å². The normalized spacial score (nSPS) is 16.8. The number of likely N-dealkylation sites (tertiary alicyclic amines) is 1. The number of carbonyl (C=O) groups excluding carboxylic acids is 1. The number of carbonyl (C=O) groups is 2. The number of ether oxygens (including phenoxy) is 1. The number of rotatable bonds is 5. The minimum absolute atomic E-state index is 0.0811. The topological polar surface area (TPSA) is 91.6 Å². The third-order valence-corrected chi connectivity index (χ3v) is 4.11. The van der Waals surface area contributed by atoms with Gasteiger partial charge in [0.2, 0.25) is 0 Å². The first-order valence-electron chi connectivity index (χ1n) is 8.35. The molecule has 1 unspecified atom stereocenters. The van der Waals surface area contributed by atoms with Crippen LogP contribution in [0.15, 0.2) is 64.8 Å². The van der Waals surface area contributed by atoms with E-state index in [1.54, 1.807) is 24.3 Å². The lowest BCUT2D eigenvalue weighted by atomic mass is 10.2. The van der Waals surface area contributed by atoms with Crippen LogP contribution in [-0.4, -0.2) is 34.7 Å². The van der Waals surface area contributed by atoms with Crippen molar-refractivity contribution in [3.05, 3.63) is 60.2 Å². The second-order valence-corrected chi connectivity index (χ2v) is 5.95. The Balaban J connectivity index is 1.54. The lowest BCUT2D eigenvalue weighted by Gasteiger charge is -2.20. The number of amides is 1. The SMILES string of the molecule is O=C(O)C1CCCN1C(=O)OCc1ccc(/N=N/c2ccccc2)cc1. The summed E-state index contributed by atoms with van der Waals surface area (Å²) in [5, 5.41) is 17.4. The lowest BCUT2D eigenvalue weighted by Crippen LogP contribution is -2.40. The molecule has 0 spiro atoms. The molecule has 7 nitrogen and oxygen atoms in total. The highest BCUT2D eigenvalue weighted by atomic mass is 16.6. The lowest BCUT2D eigenvalue weighted by molar-refractivity contribution is -0.141. The molecular formula is C19H19N3O4. The highest BCUT2D eigenvalue weighted by Crippen LogP contribution is 2.20. The number of benzene rings is 2. The minimum Gasteiger partial charge on any atom is -0.480 e. The molecule has 1 heterocycles. The standard InChI is InChI=1S/C19H19N3O4/c23-18(24)17-7-4-12-22(17)19(25)26-13-14-8-10-16(11-9-14)21-20-15-5-2-1-3-6-15/h1-3,5-6,8-11,17H,4,7,12-13H2,(H,23,24)/b21-20+. The maximum absolute atomic E-state index is 12.1. The first kappa shape index (κ1) is 17.6. The van der Waals surface area contributed by atoms with Gasteiger partial charge in [-0.3, -0.25) is 4.90 Å². The predicted octanol–water partition coefficient (Wildman–Crippen LogP) is 4.29. The summed E-state index contributed by atoms with van der Waals surface area (Å²) in [6.07, 6.45) is 0.543. The summed E-state index contributed by atoms with van der Waals surface area (Å²) in [6.45, 7) is 0.492. The molecule has 1 amide bonds. The molecule has 0 saturated carbocycles. The van der Waals surface area contributed by atoms with E-state index in [1.165, 1.54) is 4.90 Å². The number of carboxylic acids is 1. The van der Waals surface area contributed by atoms with E-state index in [4.69, 9.17) is 9.84 Å². The van der Waals surface area contributed by atoms with E-state index in [9.17, 15) is 9.59 Å². The molecule has 1 aliphatic rings. The van der Waals surface area contributed by atoms with Crippen molar-refractivity contribution in [1.29, 1.82) is 0 Å². The van der Waals surface area contributed by atoms with Crippen LogP contribution in [-0.2, 0) is 16.1 Å². The summed E-state index contributed by atoms with van der Waals surface area (Å²) >= 11 is 0. The van der Waals surface area contributed by atoms with E-state index in [-0.39, 0.29) is 6.61 Å². The Morgan fingerprint density at radius 3 is 2.35 bits per heavy atom. The second kappa shape index (κ2) is 8.24. The predicted molar refractivity (Wildman–Crippen MR) is 94.6 cm³/mol. The van der Waals surface area contributed by atoms with Gasteiger partial charge in [-0.05, 0) is 42.7 Å². The van der Waals surface area contributed by atoms with Gasteiger partial charge in [-0.1, -0.05) is 30.3 Å². The molecule has 134 valence electrons. The first-order valence-corrected chi connectivity index (χ1v) is 8.35. The summed E-state index contributed by atoms with van der Waals surface area (Å²) in [6, 6.07) is 15.8. The summed E-state index contributed by atoms with van der Waals surface area (Å²) in [4.78, 5) is 24.5. The van der Waals surface area contributed by atoms with Gasteiger partial charge in [-0.25, -0.2) is 9.59 Å². The van der Waals surface area contributed by atoms with Gasteiger partial charge >= 0.3 is 12.1 Å². The molecule has 1 saturated heterocycles. The van der Waals surface area contributed by atoms with E-state index in [2.05, 4.69) is 10.2 Å². The third-order valence-electron chi connectivity index (χ3n) is 4.11. The van der Waals surface area contributed by atoms with Crippen molar-refractivity contribution < 1.29 is 19.4 Å². The van der Waals surface area contributed by atoms with Crippen molar-refractivity contribution in [2.45, 2.75) is 25.5 Å². The molecule has 0 bridgehead atoms. The molecule has 1 fully saturated rings. The zero-order valence-electron chi connectivity index (χ0n) is 14.1. The first-order chi connectivity index (χ1) is 12.6. The summed E-state index contributed by atoms with van der Waals surface area (Å²) in [5.74, 6) is -0.993. The monoisotopic (exact) mass is 353 g/mol. The van der Waals surface area contributed by atoms with Crippen LogP contribution in [0.1, 0.15) is 18.4 Å². The zero-order chi connectivity index (χ0) is 18.4. The minimum atomic E-state index is -0.993. The highest BCUT2D eigenvalue weighted by Gasteiger charge is 2.34. The van der Waals surface area contributed by atoms with Crippen LogP contribution in [0.3, 0.4) is 0 Å². The molecule has 26 heavy (non-hydrogen) atoms. The van der Waals surface area contributed by atoms with Crippen LogP contribution in [0.4, 0.5) is 16.2 Å². The van der Waals surface area contributed by atoms with Gasteiger partial charge in [0.15, 0.2) is 0 Å². The number of carboxylic acid groups (broad SMARTS) is 1. The van der Waals surface area contributed by atoms with Crippen molar-refractivity contribution in [2.24, 2.45) is 10.2 Å². The highest BCUT2D eigenvalue weighted by molar-refractivity contribution is 5.80. The molecule has 0 radical (unpaired) electrons. The van der Waals surface area contributed by atoms with Crippen LogP contribution in [0.5, 0.6) is 0 Å². The smallest absolute Gasteiger partial charge is 0.410 e. The molecule has 1 N–H and O–H groups in total. The molecule has 1 atom stereocenters. The summed E-state index contributed by atoms with van der Waals surface area (Å²) in [7, 11) is 0. The van der Waals surface area contributed by atoms with Gasteiger partial charge in [0, 0.05) is 6.54 Å². The maximum Gasteiger partial charge on any atom is 0.410 e. The number of aliphatic carboxylic acids is 1. The molecular weight excluding hydrogens is 334 g/mol. The average Bonchev–Trinajstić information content (AvgIpc) is 3.16. The molecule has 2 aromatic rings. The largest absolute Gasteiger partial charge is 0.480 e. The zero-order valence-corrected chi connectivity index (χ0v) is 14.1. The van der Waals surface area contributed by atoms with Crippen LogP contribution in [0.25, 0.3) is 0 Å². The Hall–Kier alpha value is -3.22. The summed E-state index contributed by atoms with van der Waals surface area (Å²) in [5.41, 5.74) is 2.25. The van der Waals surface area contributed by atoms with Gasteiger partial charge in [-0.15, -0.1) is 0 Å². The van der Waals surface area contributed by atoms with Gasteiger partial charge < -0.3 is 9.84 Å². The number of hydrogen-bond donors (Lipinski definition) is 1. The molecule has 2 aromatic carbocycles. The van der Waals surface area contributed by atoms with E-state index >= 15 is 0 Å². The Labute approximate surface area is 150 Å². The van der Waals surface area contributed by atoms with Gasteiger partial charge in [0.25, 0.3) is 0 Å². The molecule has 3 rings (SSSR count). The van der Waals surface area contributed by atoms with Crippen molar-refractivity contribution in [1.82, 2.24) is 4.90 Å². The molecule has 1 aliphatic heterocycles. The van der Waals surface area contributed by atoms with E-state index in [0.29, 0.717) is 25.1 Å². The fourth-order valence-electron chi connectivity index (χ4n) is 2.74. The van der Waals surface area contributed by atoms with Crippen LogP contribution in [0, 0.1) is 0 Å². The van der Waals surface area contributed by atoms with E-state index < -0.39 is 18.1 Å². The average molecular weight is 353 g/mol. The van der Waals surface area contributed by atoms with Crippen molar-refractivity contribution in [3.63, 3.8) is 0 Å². The fraction of sp³-hybridized carbons (Fsp3) is 0.263. The number of nitrogens with zero attached hydrogens (tertiary/aromatic N) is 3. The van der Waals surface area contributed by atoms with Crippen LogP contribution >= 0.6 is 0 Å². The maximum atomic E-state index is 12.1. The van der Waals surface area contributed by atoms with E-state index in [1.807, 2.05) is 30.3 Å². The molecule has 7 heteroatoms. The third kappa shape index (κ3) is 4.44. The Bertz CT molecular complexity index is 790. The van der Waals surface area contributed by atoms with Crippen LogP contribution < -0.4 is 0 Å². The number of azo groups is 1. The fourth-order valence-corrected chi connectivity index (χ4v) is 2.74. The number of hydrogen-bond acceptors (Lipinski definition) is 5. The van der Waals surface area contributed by atoms with E-state index in [0.717, 1.165) is 11.3 Å². The van der Waals surface area contributed by atoms with Gasteiger partial charge in [-0.2, -0.15) is 10.2 Å². The Morgan fingerprint density at radius 2 is 1.69 bits per heavy atom. The Kier molecular flexibility index (Phi) is 5.58. The quantitative estimate of drug-likeness (QED) is 0.812. The Morgan fingerprint density at radius 1 is 1.04 bits per heavy atom. The van der Waals surface area contributed by atoms with Gasteiger partial charge in [0.1, 0.15) is 12.6 Å². The van der Waals surface area contributed by atoms with Gasteiger partial charge in [0.05, 0.1) is 11.4 Å². The van der Waals surface area contributed by atoms with Crippen molar-refractivity contribution in [3.8, 4) is 0 Å². The summed E-state index contributed by atoms with van der Waals surface area (Å²) < 4.78 is 5.23.